The van der Waals surface area contributed by atoms with Crippen LogP contribution in [0.25, 0.3) is 0 Å². The molecule has 1 aliphatic heterocycles. The maximum Gasteiger partial charge on any atom is 0.411 e. The molecule has 27 heavy (non-hydrogen) atoms. The first kappa shape index (κ1) is 21.3. The molecule has 0 saturated carbocycles. The maximum absolute atomic E-state index is 12.7. The quantitative estimate of drug-likeness (QED) is 0.663. The Labute approximate surface area is 154 Å². The molecule has 11 heteroatoms. The van der Waals surface area contributed by atoms with Gasteiger partial charge in [0, 0.05) is 31.7 Å². The van der Waals surface area contributed by atoms with Gasteiger partial charge in [-0.15, -0.1) is 0 Å². The number of ether oxygens (including phenoxy) is 1. The lowest BCUT2D eigenvalue weighted by molar-refractivity contribution is -0.178. The van der Waals surface area contributed by atoms with E-state index in [4.69, 9.17) is 0 Å². The lowest BCUT2D eigenvalue weighted by atomic mass is 10.2. The molecule has 1 aromatic carbocycles. The van der Waals surface area contributed by atoms with Crippen LogP contribution in [0.2, 0.25) is 0 Å². The minimum absolute atomic E-state index is 0.00234. The van der Waals surface area contributed by atoms with Crippen LogP contribution in [-0.2, 0) is 19.6 Å². The predicted molar refractivity (Wildman–Crippen MR) is 88.7 cm³/mol. The Morgan fingerprint density at radius 1 is 1.15 bits per heavy atom. The van der Waals surface area contributed by atoms with E-state index in [-0.39, 0.29) is 42.4 Å². The molecule has 0 atom stereocenters. The van der Waals surface area contributed by atoms with Crippen molar-refractivity contribution < 1.29 is 35.9 Å². The van der Waals surface area contributed by atoms with Gasteiger partial charge in [0.1, 0.15) is 13.2 Å². The lowest BCUT2D eigenvalue weighted by Crippen LogP contribution is -2.51. The van der Waals surface area contributed by atoms with Gasteiger partial charge < -0.3 is 9.64 Å². The largest absolute Gasteiger partial charge is 0.411 e. The lowest BCUT2D eigenvalue weighted by Gasteiger charge is -2.34. The molecule has 1 aliphatic rings. The zero-order chi connectivity index (χ0) is 20.2. The van der Waals surface area contributed by atoms with Crippen LogP contribution in [0.15, 0.2) is 29.2 Å². The molecular formula is C16H19F3N2O5S. The molecule has 0 aliphatic carbocycles. The van der Waals surface area contributed by atoms with Gasteiger partial charge in [-0.05, 0) is 19.1 Å². The van der Waals surface area contributed by atoms with Gasteiger partial charge >= 0.3 is 6.18 Å². The van der Waals surface area contributed by atoms with E-state index in [1.165, 1.54) is 40.4 Å². The minimum Gasteiger partial charge on any atom is -0.362 e. The molecule has 7 nitrogen and oxygen atoms in total. The molecule has 1 saturated heterocycles. The second-order valence-electron chi connectivity index (χ2n) is 5.98. The van der Waals surface area contributed by atoms with Gasteiger partial charge in [-0.1, -0.05) is 12.1 Å². The zero-order valence-corrected chi connectivity index (χ0v) is 15.3. The number of rotatable bonds is 6. The fourth-order valence-corrected chi connectivity index (χ4v) is 4.02. The number of nitrogens with zero attached hydrogens (tertiary/aromatic N) is 2. The highest BCUT2D eigenvalue weighted by Crippen LogP contribution is 2.19. The van der Waals surface area contributed by atoms with Crippen LogP contribution in [0.4, 0.5) is 13.2 Å². The average Bonchev–Trinajstić information content (AvgIpc) is 2.60. The highest BCUT2D eigenvalue weighted by atomic mass is 32.2. The zero-order valence-electron chi connectivity index (χ0n) is 14.5. The molecule has 0 bridgehead atoms. The monoisotopic (exact) mass is 408 g/mol. The van der Waals surface area contributed by atoms with E-state index < -0.39 is 35.3 Å². The third-order valence-corrected chi connectivity index (χ3v) is 5.86. The second kappa shape index (κ2) is 8.36. The molecule has 150 valence electrons. The Bertz CT molecular complexity index is 803. The Morgan fingerprint density at radius 3 is 2.33 bits per heavy atom. The Hall–Kier alpha value is -1.98. The van der Waals surface area contributed by atoms with Crippen molar-refractivity contribution in [2.75, 3.05) is 39.4 Å². The molecule has 0 radical (unpaired) electrons. The minimum atomic E-state index is -4.51. The van der Waals surface area contributed by atoms with Crippen LogP contribution in [0.3, 0.4) is 0 Å². The smallest absolute Gasteiger partial charge is 0.362 e. The fraction of sp³-hybridized carbons (Fsp3) is 0.500. The summed E-state index contributed by atoms with van der Waals surface area (Å²) in [6.07, 6.45) is -4.51. The summed E-state index contributed by atoms with van der Waals surface area (Å²) in [6.45, 7) is -0.821. The van der Waals surface area contributed by atoms with Gasteiger partial charge in [-0.2, -0.15) is 17.5 Å². The summed E-state index contributed by atoms with van der Waals surface area (Å²) in [5.41, 5.74) is 0.270. The molecule has 0 aromatic heterocycles. The van der Waals surface area contributed by atoms with Gasteiger partial charge in [0.2, 0.25) is 15.9 Å². The third kappa shape index (κ3) is 5.75. The van der Waals surface area contributed by atoms with Crippen molar-refractivity contribution in [1.82, 2.24) is 9.21 Å². The average molecular weight is 408 g/mol. The van der Waals surface area contributed by atoms with E-state index in [0.29, 0.717) is 0 Å². The van der Waals surface area contributed by atoms with E-state index in [1.54, 1.807) is 0 Å². The van der Waals surface area contributed by atoms with E-state index >= 15 is 0 Å². The first-order valence-corrected chi connectivity index (χ1v) is 9.48. The SMILES string of the molecule is CC(=O)c1cccc(S(=O)(=O)N2CCN(C(=O)COCC(F)(F)F)CC2)c1. The van der Waals surface area contributed by atoms with E-state index in [9.17, 15) is 31.2 Å². The number of sulfonamides is 1. The molecule has 1 heterocycles. The van der Waals surface area contributed by atoms with Gasteiger partial charge in [0.05, 0.1) is 4.90 Å². The number of amides is 1. The summed E-state index contributed by atoms with van der Waals surface area (Å²) in [5, 5.41) is 0. The normalized spacial score (nSPS) is 16.4. The number of carbonyl (C=O) groups excluding carboxylic acids is 2. The number of Topliss-reactive ketones (excluding diaryl/α,β-unsaturated/α-hetero) is 1. The van der Waals surface area contributed by atoms with E-state index in [0.717, 1.165) is 0 Å². The van der Waals surface area contributed by atoms with E-state index in [1.807, 2.05) is 0 Å². The summed E-state index contributed by atoms with van der Waals surface area (Å²) < 4.78 is 66.9. The fourth-order valence-electron chi connectivity index (χ4n) is 2.55. The van der Waals surface area contributed by atoms with Crippen LogP contribution in [0.5, 0.6) is 0 Å². The molecular weight excluding hydrogens is 389 g/mol. The van der Waals surface area contributed by atoms with Gasteiger partial charge in [0.15, 0.2) is 5.78 Å². The van der Waals surface area contributed by atoms with Gasteiger partial charge in [-0.25, -0.2) is 8.42 Å². The third-order valence-electron chi connectivity index (χ3n) is 3.96. The van der Waals surface area contributed by atoms with Crippen molar-refractivity contribution in [3.05, 3.63) is 29.8 Å². The summed E-state index contributed by atoms with van der Waals surface area (Å²) in [6, 6.07) is 5.66. The van der Waals surface area contributed by atoms with Crippen LogP contribution >= 0.6 is 0 Å². The summed E-state index contributed by atoms with van der Waals surface area (Å²) in [7, 11) is -3.84. The van der Waals surface area contributed by atoms with Crippen LogP contribution in [0.1, 0.15) is 17.3 Å². The van der Waals surface area contributed by atoms with Crippen LogP contribution in [-0.4, -0.2) is 74.9 Å². The summed E-state index contributed by atoms with van der Waals surface area (Å²) >= 11 is 0. The highest BCUT2D eigenvalue weighted by molar-refractivity contribution is 7.89. The van der Waals surface area contributed by atoms with E-state index in [2.05, 4.69) is 4.74 Å². The first-order chi connectivity index (χ1) is 12.5. The molecule has 0 N–H and O–H groups in total. The van der Waals surface area contributed by atoms with Gasteiger partial charge in [0.25, 0.3) is 0 Å². The van der Waals surface area contributed by atoms with Crippen LogP contribution in [0, 0.1) is 0 Å². The van der Waals surface area contributed by atoms with Crippen molar-refractivity contribution in [3.63, 3.8) is 0 Å². The molecule has 1 amide bonds. The van der Waals surface area contributed by atoms with Crippen molar-refractivity contribution in [1.29, 1.82) is 0 Å². The maximum atomic E-state index is 12.7. The van der Waals surface area contributed by atoms with Gasteiger partial charge in [-0.3, -0.25) is 9.59 Å². The molecule has 2 rings (SSSR count). The Balaban J connectivity index is 1.95. The summed E-state index contributed by atoms with van der Waals surface area (Å²) in [4.78, 5) is 24.5. The van der Waals surface area contributed by atoms with Crippen molar-refractivity contribution in [2.45, 2.75) is 18.0 Å². The number of halogens is 3. The number of hydrogen-bond acceptors (Lipinski definition) is 5. The Kier molecular flexibility index (Phi) is 6.60. The number of carbonyl (C=O) groups is 2. The van der Waals surface area contributed by atoms with Crippen molar-refractivity contribution >= 4 is 21.7 Å². The standard InChI is InChI=1S/C16H19F3N2O5S/c1-12(22)13-3-2-4-14(9-13)27(24,25)21-7-5-20(6-8-21)15(23)10-26-11-16(17,18)19/h2-4,9H,5-8,10-11H2,1H3. The number of piperazine rings is 1. The summed E-state index contributed by atoms with van der Waals surface area (Å²) in [5.74, 6) is -0.892. The number of hydrogen-bond donors (Lipinski definition) is 0. The van der Waals surface area contributed by atoms with Crippen molar-refractivity contribution in [3.8, 4) is 0 Å². The van der Waals surface area contributed by atoms with Crippen molar-refractivity contribution in [2.24, 2.45) is 0 Å². The topological polar surface area (TPSA) is 84.0 Å². The molecule has 1 fully saturated rings. The Morgan fingerprint density at radius 2 is 1.78 bits per heavy atom. The highest BCUT2D eigenvalue weighted by Gasteiger charge is 2.31. The second-order valence-corrected chi connectivity index (χ2v) is 7.91. The van der Waals surface area contributed by atoms with Crippen LogP contribution < -0.4 is 0 Å². The molecule has 0 unspecified atom stereocenters. The number of ketones is 1. The molecule has 0 spiro atoms. The number of alkyl halides is 3. The first-order valence-electron chi connectivity index (χ1n) is 8.04. The predicted octanol–water partition coefficient (Wildman–Crippen LogP) is 1.30. The molecule has 1 aromatic rings. The number of benzene rings is 1.